The number of hydrogen-bond acceptors (Lipinski definition) is 3. The number of aromatic nitrogens is 1. The van der Waals surface area contributed by atoms with Gasteiger partial charge in [0.2, 0.25) is 0 Å². The van der Waals surface area contributed by atoms with E-state index in [2.05, 4.69) is 16.4 Å². The number of nitrogens with zero attached hydrogens (tertiary/aromatic N) is 1. The Morgan fingerprint density at radius 2 is 2.26 bits per heavy atom. The van der Waals surface area contributed by atoms with Crippen molar-refractivity contribution in [2.75, 3.05) is 6.54 Å². The molecule has 2 heterocycles. The lowest BCUT2D eigenvalue weighted by atomic mass is 9.84. The maximum absolute atomic E-state index is 12.0. The average Bonchev–Trinajstić information content (AvgIpc) is 2.47. The van der Waals surface area contributed by atoms with Crippen LogP contribution in [-0.2, 0) is 6.42 Å². The molecule has 0 spiro atoms. The Morgan fingerprint density at radius 1 is 1.32 bits per heavy atom. The molecule has 0 saturated carbocycles. The quantitative estimate of drug-likeness (QED) is 0.729. The summed E-state index contributed by atoms with van der Waals surface area (Å²) < 4.78 is 0. The molecule has 1 fully saturated rings. The van der Waals surface area contributed by atoms with E-state index in [0.717, 1.165) is 36.6 Å². The van der Waals surface area contributed by atoms with Gasteiger partial charge in [-0.3, -0.25) is 9.78 Å². The van der Waals surface area contributed by atoms with Gasteiger partial charge in [0.25, 0.3) is 0 Å². The second-order valence-electron chi connectivity index (χ2n) is 5.47. The summed E-state index contributed by atoms with van der Waals surface area (Å²) in [5.74, 6) is 0.0827. The molecule has 0 aromatic carbocycles. The first kappa shape index (κ1) is 11.1. The van der Waals surface area contributed by atoms with Crippen molar-refractivity contribution >= 4 is 17.4 Å². The summed E-state index contributed by atoms with van der Waals surface area (Å²) in [5, 5.41) is 5.96. The monoisotopic (exact) mass is 252 g/mol. The molecule has 19 heavy (non-hydrogen) atoms. The summed E-state index contributed by atoms with van der Waals surface area (Å²) in [6.07, 6.45) is 11.8. The molecular formula is C16H16N2O. The zero-order valence-corrected chi connectivity index (χ0v) is 10.8. The number of rotatable bonds is 0. The molecule has 0 amide bonds. The van der Waals surface area contributed by atoms with E-state index in [4.69, 9.17) is 0 Å². The maximum Gasteiger partial charge on any atom is 0.188 e. The molecule has 1 aromatic rings. The first-order valence-electron chi connectivity index (χ1n) is 7.01. The van der Waals surface area contributed by atoms with Crippen LogP contribution in [0.4, 0.5) is 0 Å². The van der Waals surface area contributed by atoms with Crippen LogP contribution in [0, 0.1) is 0 Å². The maximum atomic E-state index is 12.0. The standard InChI is InChI=1S/C16H16N2O/c19-15-5-1-3-10-12(15)9-18-14-7-6-13-11(16(10)14)4-2-8-17-13/h1,3,5,9,13,17H,2,4,6-8H2. The molecule has 4 rings (SSSR count). The van der Waals surface area contributed by atoms with Crippen molar-refractivity contribution in [1.29, 1.82) is 0 Å². The number of hydrogen-bond donors (Lipinski definition) is 1. The molecule has 1 N–H and O–H groups in total. The van der Waals surface area contributed by atoms with Crippen molar-refractivity contribution in [1.82, 2.24) is 10.3 Å². The van der Waals surface area contributed by atoms with E-state index in [1.54, 1.807) is 12.3 Å². The number of fused-ring (bicyclic) bond motifs is 4. The zero-order valence-electron chi connectivity index (χ0n) is 10.8. The van der Waals surface area contributed by atoms with Crippen molar-refractivity contribution in [3.05, 3.63) is 40.0 Å². The Hall–Kier alpha value is -1.74. The van der Waals surface area contributed by atoms with Crippen molar-refractivity contribution in [2.24, 2.45) is 0 Å². The van der Waals surface area contributed by atoms with Gasteiger partial charge in [0.15, 0.2) is 5.78 Å². The molecule has 2 aliphatic carbocycles. The second-order valence-corrected chi connectivity index (χ2v) is 5.47. The first-order valence-corrected chi connectivity index (χ1v) is 7.01. The molecule has 1 saturated heterocycles. The number of pyridine rings is 1. The van der Waals surface area contributed by atoms with Crippen LogP contribution in [0.25, 0.3) is 11.6 Å². The minimum absolute atomic E-state index is 0.0827. The third kappa shape index (κ3) is 1.61. The highest BCUT2D eigenvalue weighted by Gasteiger charge is 2.25. The van der Waals surface area contributed by atoms with E-state index >= 15 is 0 Å². The SMILES string of the molecule is O=C1C=CC=c2c1cnc1c2=C2CCCNC2CC1. The molecule has 0 bridgehead atoms. The number of allylic oxidation sites excluding steroid dienone is 2. The summed E-state index contributed by atoms with van der Waals surface area (Å²) in [6, 6.07) is 0.490. The predicted octanol–water partition coefficient (Wildman–Crippen LogP) is 0.464. The number of piperidine rings is 1. The summed E-state index contributed by atoms with van der Waals surface area (Å²) in [4.78, 5) is 16.5. The van der Waals surface area contributed by atoms with E-state index in [1.807, 2.05) is 6.08 Å². The predicted molar refractivity (Wildman–Crippen MR) is 74.2 cm³/mol. The number of nitrogens with one attached hydrogen (secondary N) is 1. The van der Waals surface area contributed by atoms with Gasteiger partial charge in [0, 0.05) is 28.7 Å². The topological polar surface area (TPSA) is 42.0 Å². The van der Waals surface area contributed by atoms with Crippen LogP contribution in [0.15, 0.2) is 18.3 Å². The van der Waals surface area contributed by atoms with Gasteiger partial charge < -0.3 is 5.32 Å². The smallest absolute Gasteiger partial charge is 0.188 e. The highest BCUT2D eigenvalue weighted by atomic mass is 16.1. The Morgan fingerprint density at radius 3 is 3.21 bits per heavy atom. The fourth-order valence-corrected chi connectivity index (χ4v) is 3.51. The highest BCUT2D eigenvalue weighted by Crippen LogP contribution is 2.22. The first-order chi connectivity index (χ1) is 9.34. The largest absolute Gasteiger partial charge is 0.310 e. The summed E-state index contributed by atoms with van der Waals surface area (Å²) in [6.45, 7) is 1.11. The molecule has 3 heteroatoms. The lowest BCUT2D eigenvalue weighted by Crippen LogP contribution is -2.48. The molecule has 1 atom stereocenters. The Bertz CT molecular complexity index is 715. The minimum Gasteiger partial charge on any atom is -0.310 e. The normalized spacial score (nSPS) is 24.3. The van der Waals surface area contributed by atoms with Crippen LogP contribution < -0.4 is 15.8 Å². The van der Waals surface area contributed by atoms with E-state index in [0.29, 0.717) is 6.04 Å². The van der Waals surface area contributed by atoms with Gasteiger partial charge in [-0.2, -0.15) is 0 Å². The highest BCUT2D eigenvalue weighted by molar-refractivity contribution is 6.06. The van der Waals surface area contributed by atoms with Gasteiger partial charge in [-0.15, -0.1) is 0 Å². The van der Waals surface area contributed by atoms with Crippen molar-refractivity contribution in [2.45, 2.75) is 31.7 Å². The van der Waals surface area contributed by atoms with Gasteiger partial charge in [-0.05, 0) is 49.1 Å². The third-order valence-electron chi connectivity index (χ3n) is 4.40. The molecule has 0 radical (unpaired) electrons. The van der Waals surface area contributed by atoms with Gasteiger partial charge in [0.05, 0.1) is 0 Å². The molecule has 96 valence electrons. The number of carbonyl (C=O) groups excluding carboxylic acids is 1. The summed E-state index contributed by atoms with van der Waals surface area (Å²) >= 11 is 0. The molecule has 1 unspecified atom stereocenters. The van der Waals surface area contributed by atoms with Crippen LogP contribution >= 0.6 is 0 Å². The second kappa shape index (κ2) is 4.14. The number of aryl methyl sites for hydroxylation is 1. The molecular weight excluding hydrogens is 236 g/mol. The van der Waals surface area contributed by atoms with E-state index in [-0.39, 0.29) is 5.78 Å². The average molecular weight is 252 g/mol. The van der Waals surface area contributed by atoms with E-state index < -0.39 is 0 Å². The fraction of sp³-hybridized carbons (Fsp3) is 0.375. The van der Waals surface area contributed by atoms with Crippen LogP contribution in [0.2, 0.25) is 0 Å². The van der Waals surface area contributed by atoms with Crippen LogP contribution in [-0.4, -0.2) is 23.4 Å². The van der Waals surface area contributed by atoms with Gasteiger partial charge >= 0.3 is 0 Å². The van der Waals surface area contributed by atoms with E-state index in [1.165, 1.54) is 22.9 Å². The van der Waals surface area contributed by atoms with Crippen LogP contribution in [0.1, 0.15) is 35.3 Å². The molecule has 3 nitrogen and oxygen atoms in total. The zero-order chi connectivity index (χ0) is 12.8. The van der Waals surface area contributed by atoms with Gasteiger partial charge in [-0.1, -0.05) is 12.2 Å². The number of ketones is 1. The minimum atomic E-state index is 0.0827. The summed E-state index contributed by atoms with van der Waals surface area (Å²) in [7, 11) is 0. The lowest BCUT2D eigenvalue weighted by Gasteiger charge is -2.31. The Kier molecular flexibility index (Phi) is 2.42. The Balaban J connectivity index is 2.11. The van der Waals surface area contributed by atoms with Crippen molar-refractivity contribution < 1.29 is 4.79 Å². The van der Waals surface area contributed by atoms with Gasteiger partial charge in [0.1, 0.15) is 0 Å². The Labute approximate surface area is 111 Å². The fourth-order valence-electron chi connectivity index (χ4n) is 3.51. The molecule has 3 aliphatic rings. The van der Waals surface area contributed by atoms with Crippen LogP contribution in [0.3, 0.4) is 0 Å². The molecule has 1 aliphatic heterocycles. The number of carbonyl (C=O) groups is 1. The van der Waals surface area contributed by atoms with E-state index in [9.17, 15) is 4.79 Å². The lowest BCUT2D eigenvalue weighted by molar-refractivity contribution is 0.104. The summed E-state index contributed by atoms with van der Waals surface area (Å²) in [5.41, 5.74) is 3.41. The molecule has 1 aromatic heterocycles. The van der Waals surface area contributed by atoms with Gasteiger partial charge in [-0.25, -0.2) is 0 Å². The third-order valence-corrected chi connectivity index (χ3v) is 4.40. The van der Waals surface area contributed by atoms with Crippen molar-refractivity contribution in [3.8, 4) is 0 Å². The van der Waals surface area contributed by atoms with Crippen LogP contribution in [0.5, 0.6) is 0 Å². The van der Waals surface area contributed by atoms with Crippen molar-refractivity contribution in [3.63, 3.8) is 0 Å².